The van der Waals surface area contributed by atoms with E-state index in [1.54, 1.807) is 12.3 Å². The number of thiazole rings is 1. The molecular formula is C10H12N4O2S2. The van der Waals surface area contributed by atoms with Gasteiger partial charge in [-0.2, -0.15) is 0 Å². The number of hydrogen-bond donors (Lipinski definition) is 3. The average Bonchev–Trinajstić information content (AvgIpc) is 2.77. The number of hydrogen-bond acceptors (Lipinski definition) is 6. The lowest BCUT2D eigenvalue weighted by molar-refractivity contribution is 0.598. The Bertz CT molecular complexity index is 638. The maximum Gasteiger partial charge on any atom is 0.238 e. The molecule has 18 heavy (non-hydrogen) atoms. The second kappa shape index (κ2) is 4.92. The zero-order chi connectivity index (χ0) is 13.2. The third-order valence-electron chi connectivity index (χ3n) is 2.18. The summed E-state index contributed by atoms with van der Waals surface area (Å²) in [5.74, 6) is 0. The van der Waals surface area contributed by atoms with E-state index in [1.807, 2.05) is 5.38 Å². The molecule has 0 unspecified atom stereocenters. The number of aromatic nitrogens is 1. The van der Waals surface area contributed by atoms with Gasteiger partial charge in [-0.15, -0.1) is 11.3 Å². The average molecular weight is 284 g/mol. The lowest BCUT2D eigenvalue weighted by Crippen LogP contribution is -2.13. The van der Waals surface area contributed by atoms with Crippen LogP contribution in [0.2, 0.25) is 0 Å². The number of nitrogen functional groups attached to an aromatic ring is 1. The molecule has 0 bridgehead atoms. The van der Waals surface area contributed by atoms with Gasteiger partial charge in [-0.25, -0.2) is 18.5 Å². The Labute approximate surface area is 109 Å². The predicted octanol–water partition coefficient (Wildman–Crippen LogP) is 0.985. The minimum Gasteiger partial charge on any atom is -0.399 e. The number of nitrogens with one attached hydrogen (secondary N) is 1. The summed E-state index contributed by atoms with van der Waals surface area (Å²) in [6, 6.07) is 4.41. The van der Waals surface area contributed by atoms with Crippen LogP contribution < -0.4 is 16.2 Å². The molecule has 1 aromatic carbocycles. The van der Waals surface area contributed by atoms with Gasteiger partial charge in [0.2, 0.25) is 10.0 Å². The Morgan fingerprint density at radius 3 is 2.72 bits per heavy atom. The van der Waals surface area contributed by atoms with Crippen LogP contribution in [0.3, 0.4) is 0 Å². The molecular weight excluding hydrogens is 272 g/mol. The van der Waals surface area contributed by atoms with Gasteiger partial charge in [-0.1, -0.05) is 0 Å². The maximum atomic E-state index is 11.3. The molecule has 2 rings (SSSR count). The van der Waals surface area contributed by atoms with E-state index < -0.39 is 10.0 Å². The minimum atomic E-state index is -3.75. The summed E-state index contributed by atoms with van der Waals surface area (Å²) < 4.78 is 22.5. The van der Waals surface area contributed by atoms with Gasteiger partial charge in [0.1, 0.15) is 5.01 Å². The first kappa shape index (κ1) is 12.8. The fourth-order valence-electron chi connectivity index (χ4n) is 1.41. The number of anilines is 2. The van der Waals surface area contributed by atoms with Gasteiger partial charge in [0.25, 0.3) is 0 Å². The normalized spacial score (nSPS) is 11.4. The van der Waals surface area contributed by atoms with Gasteiger partial charge in [0.15, 0.2) is 0 Å². The lowest BCUT2D eigenvalue weighted by atomic mass is 10.3. The number of nitrogens with zero attached hydrogens (tertiary/aromatic N) is 1. The van der Waals surface area contributed by atoms with Crippen molar-refractivity contribution < 1.29 is 8.42 Å². The summed E-state index contributed by atoms with van der Waals surface area (Å²) in [5.41, 5.74) is 6.56. The molecule has 6 nitrogen and oxygen atoms in total. The van der Waals surface area contributed by atoms with Crippen LogP contribution in [-0.4, -0.2) is 13.4 Å². The first-order chi connectivity index (χ1) is 8.45. The van der Waals surface area contributed by atoms with E-state index in [4.69, 9.17) is 10.9 Å². The molecule has 8 heteroatoms. The van der Waals surface area contributed by atoms with Gasteiger partial charge in [0, 0.05) is 23.0 Å². The highest BCUT2D eigenvalue weighted by Crippen LogP contribution is 2.20. The van der Waals surface area contributed by atoms with Crippen molar-refractivity contribution >= 4 is 32.7 Å². The highest BCUT2D eigenvalue weighted by molar-refractivity contribution is 7.89. The van der Waals surface area contributed by atoms with Crippen LogP contribution in [0.5, 0.6) is 0 Å². The number of primary sulfonamides is 1. The quantitative estimate of drug-likeness (QED) is 0.725. The fraction of sp³-hybridized carbons (Fsp3) is 0.100. The first-order valence-electron chi connectivity index (χ1n) is 5.01. The molecule has 0 saturated carbocycles. The van der Waals surface area contributed by atoms with E-state index in [-0.39, 0.29) is 4.90 Å². The molecule has 96 valence electrons. The van der Waals surface area contributed by atoms with Gasteiger partial charge < -0.3 is 11.1 Å². The molecule has 1 aromatic heterocycles. The molecule has 0 radical (unpaired) electrons. The summed E-state index contributed by atoms with van der Waals surface area (Å²) >= 11 is 1.51. The lowest BCUT2D eigenvalue weighted by Gasteiger charge is -2.07. The van der Waals surface area contributed by atoms with Gasteiger partial charge in [0.05, 0.1) is 11.4 Å². The highest BCUT2D eigenvalue weighted by Gasteiger charge is 2.10. The second-order valence-electron chi connectivity index (χ2n) is 3.62. The third kappa shape index (κ3) is 3.19. The predicted molar refractivity (Wildman–Crippen MR) is 71.7 cm³/mol. The Morgan fingerprint density at radius 2 is 2.11 bits per heavy atom. The van der Waals surface area contributed by atoms with E-state index in [2.05, 4.69) is 10.3 Å². The summed E-state index contributed by atoms with van der Waals surface area (Å²) in [6.45, 7) is 0.505. The van der Waals surface area contributed by atoms with Crippen molar-refractivity contribution in [3.8, 4) is 0 Å². The van der Waals surface area contributed by atoms with Crippen molar-refractivity contribution in [3.05, 3.63) is 34.8 Å². The smallest absolute Gasteiger partial charge is 0.238 e. The number of benzene rings is 1. The van der Waals surface area contributed by atoms with Crippen molar-refractivity contribution in [2.45, 2.75) is 11.4 Å². The molecule has 0 aliphatic rings. The Balaban J connectivity index is 2.21. The van der Waals surface area contributed by atoms with E-state index in [9.17, 15) is 8.42 Å². The third-order valence-corrected chi connectivity index (χ3v) is 3.86. The maximum absolute atomic E-state index is 11.3. The monoisotopic (exact) mass is 284 g/mol. The van der Waals surface area contributed by atoms with Crippen LogP contribution in [0.25, 0.3) is 0 Å². The van der Waals surface area contributed by atoms with E-state index >= 15 is 0 Å². The SMILES string of the molecule is Nc1cc(NCc2nccs2)cc(S(N)(=O)=O)c1. The van der Waals surface area contributed by atoms with Crippen LogP contribution in [0.4, 0.5) is 11.4 Å². The van der Waals surface area contributed by atoms with Crippen molar-refractivity contribution in [3.63, 3.8) is 0 Å². The fourth-order valence-corrected chi connectivity index (χ4v) is 2.55. The van der Waals surface area contributed by atoms with Crippen LogP contribution in [-0.2, 0) is 16.6 Å². The molecule has 0 spiro atoms. The molecule has 5 N–H and O–H groups in total. The van der Waals surface area contributed by atoms with Crippen molar-refractivity contribution in [2.75, 3.05) is 11.1 Å². The Morgan fingerprint density at radius 1 is 1.33 bits per heavy atom. The molecule has 2 aromatic rings. The zero-order valence-electron chi connectivity index (χ0n) is 9.33. The van der Waals surface area contributed by atoms with Crippen molar-refractivity contribution in [1.29, 1.82) is 0 Å². The van der Waals surface area contributed by atoms with Gasteiger partial charge >= 0.3 is 0 Å². The largest absolute Gasteiger partial charge is 0.399 e. The molecule has 0 aliphatic heterocycles. The Kier molecular flexibility index (Phi) is 3.50. The molecule has 0 amide bonds. The second-order valence-corrected chi connectivity index (χ2v) is 6.16. The van der Waals surface area contributed by atoms with Gasteiger partial charge in [-0.05, 0) is 18.2 Å². The van der Waals surface area contributed by atoms with Crippen molar-refractivity contribution in [1.82, 2.24) is 4.98 Å². The number of sulfonamides is 1. The first-order valence-corrected chi connectivity index (χ1v) is 7.43. The summed E-state index contributed by atoms with van der Waals surface area (Å²) in [4.78, 5) is 4.10. The molecule has 1 heterocycles. The van der Waals surface area contributed by atoms with Crippen LogP contribution in [0.15, 0.2) is 34.7 Å². The zero-order valence-corrected chi connectivity index (χ0v) is 11.0. The van der Waals surface area contributed by atoms with Gasteiger partial charge in [-0.3, -0.25) is 0 Å². The van der Waals surface area contributed by atoms with Crippen LogP contribution >= 0.6 is 11.3 Å². The number of nitrogens with two attached hydrogens (primary N) is 2. The molecule has 0 aliphatic carbocycles. The topological polar surface area (TPSA) is 111 Å². The number of rotatable bonds is 4. The van der Waals surface area contributed by atoms with Crippen LogP contribution in [0, 0.1) is 0 Å². The summed E-state index contributed by atoms with van der Waals surface area (Å²) in [6.07, 6.45) is 1.71. The van der Waals surface area contributed by atoms with Crippen molar-refractivity contribution in [2.24, 2.45) is 5.14 Å². The summed E-state index contributed by atoms with van der Waals surface area (Å²) in [7, 11) is -3.75. The molecule has 0 saturated heterocycles. The summed E-state index contributed by atoms with van der Waals surface area (Å²) in [5, 5.41) is 10.9. The van der Waals surface area contributed by atoms with E-state index in [0.29, 0.717) is 17.9 Å². The minimum absolute atomic E-state index is 0.0101. The Hall–Kier alpha value is -1.64. The van der Waals surface area contributed by atoms with E-state index in [0.717, 1.165) is 5.01 Å². The van der Waals surface area contributed by atoms with E-state index in [1.165, 1.54) is 23.5 Å². The molecule has 0 atom stereocenters. The van der Waals surface area contributed by atoms with Crippen LogP contribution in [0.1, 0.15) is 5.01 Å². The highest BCUT2D eigenvalue weighted by atomic mass is 32.2. The standard InChI is InChI=1S/C10H12N4O2S2/c11-7-3-8(5-9(4-7)18(12,15)16)14-6-10-13-1-2-17-10/h1-5,14H,6,11H2,(H2,12,15,16). The molecule has 0 fully saturated rings.